The molecule has 9 nitrogen and oxygen atoms in total. The molecule has 3 aromatic carbocycles. The quantitative estimate of drug-likeness (QED) is 0.104. The zero-order chi connectivity index (χ0) is 28.2. The number of carbonyl (C=O) groups is 2. The fourth-order valence-corrected chi connectivity index (χ4v) is 4.69. The van der Waals surface area contributed by atoms with Crippen molar-refractivity contribution in [3.63, 3.8) is 0 Å². The maximum Gasteiger partial charge on any atom is 0.295 e. The van der Waals surface area contributed by atoms with Crippen molar-refractivity contribution >= 4 is 23.1 Å². The van der Waals surface area contributed by atoms with Crippen LogP contribution in [0.3, 0.4) is 0 Å². The van der Waals surface area contributed by atoms with Crippen LogP contribution in [-0.4, -0.2) is 31.6 Å². The molecule has 1 fully saturated rings. The Kier molecular flexibility index (Phi) is 7.37. The predicted molar refractivity (Wildman–Crippen MR) is 147 cm³/mol. The van der Waals surface area contributed by atoms with Crippen LogP contribution in [0, 0.1) is 17.0 Å². The molecular formula is C31H25N3O6. The van der Waals surface area contributed by atoms with Gasteiger partial charge in [-0.05, 0) is 66.1 Å². The smallest absolute Gasteiger partial charge is 0.295 e. The van der Waals surface area contributed by atoms with Gasteiger partial charge < -0.3 is 14.7 Å². The van der Waals surface area contributed by atoms with Crippen molar-refractivity contribution in [1.29, 1.82) is 0 Å². The van der Waals surface area contributed by atoms with E-state index in [1.54, 1.807) is 48.8 Å². The monoisotopic (exact) mass is 535 g/mol. The van der Waals surface area contributed by atoms with Crippen molar-refractivity contribution in [1.82, 2.24) is 9.88 Å². The molecule has 0 unspecified atom stereocenters. The zero-order valence-electron chi connectivity index (χ0n) is 21.6. The molecular weight excluding hydrogens is 510 g/mol. The number of nitrogens with zero attached hydrogens (tertiary/aromatic N) is 3. The molecule has 0 spiro atoms. The Bertz CT molecular complexity index is 1600. The zero-order valence-corrected chi connectivity index (χ0v) is 21.6. The fourth-order valence-electron chi connectivity index (χ4n) is 4.69. The van der Waals surface area contributed by atoms with Crippen molar-refractivity contribution < 1.29 is 24.4 Å². The van der Waals surface area contributed by atoms with Gasteiger partial charge in [-0.3, -0.25) is 24.7 Å². The molecule has 0 radical (unpaired) electrons. The highest BCUT2D eigenvalue weighted by atomic mass is 16.6. The molecule has 9 heteroatoms. The molecule has 0 aliphatic carbocycles. The molecule has 1 aliphatic heterocycles. The van der Waals surface area contributed by atoms with Crippen molar-refractivity contribution in [3.8, 4) is 5.75 Å². The molecule has 0 bridgehead atoms. The Hall–Kier alpha value is -5.31. The van der Waals surface area contributed by atoms with E-state index in [9.17, 15) is 24.8 Å². The molecule has 40 heavy (non-hydrogen) atoms. The summed E-state index contributed by atoms with van der Waals surface area (Å²) in [6, 6.07) is 22.7. The number of nitro benzene ring substituents is 1. The number of Topliss-reactive ketones (excluding diaryl/α,β-unsaturated/α-hetero) is 1. The number of ether oxygens (including phenoxy) is 1. The molecule has 1 saturated heterocycles. The summed E-state index contributed by atoms with van der Waals surface area (Å²) in [7, 11) is 0. The van der Waals surface area contributed by atoms with E-state index in [4.69, 9.17) is 4.74 Å². The molecule has 0 saturated carbocycles. The normalized spacial score (nSPS) is 16.2. The molecule has 1 aliphatic rings. The number of nitro groups is 1. The highest BCUT2D eigenvalue weighted by molar-refractivity contribution is 6.46. The van der Waals surface area contributed by atoms with E-state index in [-0.39, 0.29) is 23.6 Å². The number of hydrogen-bond acceptors (Lipinski definition) is 7. The number of aliphatic hydroxyl groups is 1. The summed E-state index contributed by atoms with van der Waals surface area (Å²) in [6.45, 7) is 2.43. The van der Waals surface area contributed by atoms with E-state index in [0.29, 0.717) is 29.0 Å². The third-order valence-corrected chi connectivity index (χ3v) is 6.65. The van der Waals surface area contributed by atoms with Gasteiger partial charge in [0.15, 0.2) is 0 Å². The molecule has 1 aromatic heterocycles. The number of ketones is 1. The number of carbonyl (C=O) groups excluding carboxylic acids is 2. The number of benzene rings is 3. The molecule has 1 N–H and O–H groups in total. The summed E-state index contributed by atoms with van der Waals surface area (Å²) in [6.07, 6.45) is 3.18. The van der Waals surface area contributed by atoms with E-state index in [1.165, 1.54) is 29.2 Å². The van der Waals surface area contributed by atoms with Gasteiger partial charge in [-0.15, -0.1) is 0 Å². The van der Waals surface area contributed by atoms with E-state index in [0.717, 1.165) is 11.1 Å². The molecule has 2 heterocycles. The van der Waals surface area contributed by atoms with E-state index >= 15 is 0 Å². The maximum atomic E-state index is 13.3. The number of likely N-dealkylation sites (tertiary alicyclic amines) is 1. The van der Waals surface area contributed by atoms with Crippen molar-refractivity contribution in [2.75, 3.05) is 0 Å². The van der Waals surface area contributed by atoms with Gasteiger partial charge in [-0.2, -0.15) is 0 Å². The molecule has 200 valence electrons. The Morgan fingerprint density at radius 2 is 1.73 bits per heavy atom. The summed E-state index contributed by atoms with van der Waals surface area (Å²) >= 11 is 0. The molecule has 1 atom stereocenters. The molecule has 1 amide bonds. The van der Waals surface area contributed by atoms with Gasteiger partial charge in [-0.1, -0.05) is 35.9 Å². The van der Waals surface area contributed by atoms with E-state index < -0.39 is 22.7 Å². The van der Waals surface area contributed by atoms with Crippen LogP contribution >= 0.6 is 0 Å². The minimum atomic E-state index is -0.960. The van der Waals surface area contributed by atoms with Crippen molar-refractivity contribution in [2.45, 2.75) is 26.1 Å². The number of hydrogen-bond donors (Lipinski definition) is 1. The summed E-state index contributed by atoms with van der Waals surface area (Å²) in [5.41, 5.74) is 3.38. The number of aliphatic hydroxyl groups excluding tert-OH is 1. The number of aromatic nitrogens is 1. The minimum absolute atomic E-state index is 0.0581. The summed E-state index contributed by atoms with van der Waals surface area (Å²) in [4.78, 5) is 42.5. The van der Waals surface area contributed by atoms with Gasteiger partial charge in [0.25, 0.3) is 17.4 Å². The second-order valence-corrected chi connectivity index (χ2v) is 9.44. The third-order valence-electron chi connectivity index (χ3n) is 6.65. The van der Waals surface area contributed by atoms with E-state index in [1.807, 2.05) is 31.2 Å². The molecule has 5 rings (SSSR count). The van der Waals surface area contributed by atoms with Gasteiger partial charge in [-0.25, -0.2) is 0 Å². The highest BCUT2D eigenvalue weighted by Crippen LogP contribution is 2.40. The first kappa shape index (κ1) is 26.3. The van der Waals surface area contributed by atoms with Gasteiger partial charge in [0.05, 0.1) is 16.5 Å². The topological polar surface area (TPSA) is 123 Å². The van der Waals surface area contributed by atoms with Crippen LogP contribution in [0.4, 0.5) is 5.69 Å². The summed E-state index contributed by atoms with van der Waals surface area (Å²) < 4.78 is 5.86. The van der Waals surface area contributed by atoms with Crippen LogP contribution in [0.2, 0.25) is 0 Å². The average molecular weight is 536 g/mol. The SMILES string of the molecule is Cc1cccc(COc2ccc(C(O)=C3C(=O)C(=O)N(Cc4cccnc4)[C@@H]3c3ccc([N+](=O)[O-])cc3)cc2)c1. The summed E-state index contributed by atoms with van der Waals surface area (Å²) in [5.74, 6) is -1.40. The van der Waals surface area contributed by atoms with Crippen LogP contribution in [0.25, 0.3) is 5.76 Å². The predicted octanol–water partition coefficient (Wildman–Crippen LogP) is 5.50. The van der Waals surface area contributed by atoms with Gasteiger partial charge in [0.2, 0.25) is 0 Å². The Labute approximate surface area is 230 Å². The lowest BCUT2D eigenvalue weighted by Gasteiger charge is -2.25. The first-order chi connectivity index (χ1) is 19.3. The Morgan fingerprint density at radius 3 is 2.38 bits per heavy atom. The number of aryl methyl sites for hydroxylation is 1. The first-order valence-electron chi connectivity index (χ1n) is 12.5. The highest BCUT2D eigenvalue weighted by Gasteiger charge is 2.46. The number of amides is 1. The Balaban J connectivity index is 1.48. The lowest BCUT2D eigenvalue weighted by atomic mass is 9.95. The number of rotatable bonds is 8. The largest absolute Gasteiger partial charge is 0.507 e. The average Bonchev–Trinajstić information content (AvgIpc) is 3.21. The maximum absolute atomic E-state index is 13.3. The standard InChI is InChI=1S/C31H25N3O6/c1-20-4-2-5-21(16-20)19-40-26-13-9-24(10-14-26)29(35)27-28(23-7-11-25(12-8-23)34(38)39)33(31(37)30(27)36)18-22-6-3-15-32-17-22/h2-17,28,35H,18-19H2,1H3/t28-/m1/s1. The van der Waals surface area contributed by atoms with Crippen LogP contribution in [-0.2, 0) is 22.7 Å². The van der Waals surface area contributed by atoms with Crippen molar-refractivity contribution in [3.05, 3.63) is 141 Å². The Morgan fingerprint density at radius 1 is 1.00 bits per heavy atom. The van der Waals surface area contributed by atoms with Crippen molar-refractivity contribution in [2.24, 2.45) is 0 Å². The first-order valence-corrected chi connectivity index (χ1v) is 12.5. The van der Waals surface area contributed by atoms with Gasteiger partial charge in [0, 0.05) is 36.6 Å². The minimum Gasteiger partial charge on any atom is -0.507 e. The third kappa shape index (κ3) is 5.44. The van der Waals surface area contributed by atoms with Crippen LogP contribution in [0.5, 0.6) is 5.75 Å². The summed E-state index contributed by atoms with van der Waals surface area (Å²) in [5, 5.41) is 22.5. The second kappa shape index (κ2) is 11.2. The van der Waals surface area contributed by atoms with E-state index in [2.05, 4.69) is 4.98 Å². The molecule has 4 aromatic rings. The van der Waals surface area contributed by atoms with Crippen LogP contribution < -0.4 is 4.74 Å². The lowest BCUT2D eigenvalue weighted by molar-refractivity contribution is -0.384. The fraction of sp³-hybridized carbons (Fsp3) is 0.129. The van der Waals surface area contributed by atoms with Crippen LogP contribution in [0.1, 0.15) is 33.9 Å². The number of non-ortho nitro benzene ring substituents is 1. The number of pyridine rings is 1. The van der Waals surface area contributed by atoms with Gasteiger partial charge in [0.1, 0.15) is 18.1 Å². The second-order valence-electron chi connectivity index (χ2n) is 9.44. The van der Waals surface area contributed by atoms with Crippen LogP contribution in [0.15, 0.2) is 103 Å². The van der Waals surface area contributed by atoms with Gasteiger partial charge >= 0.3 is 0 Å². The lowest BCUT2D eigenvalue weighted by Crippen LogP contribution is -2.29.